The molecule has 1 aromatic carbocycles. The molecule has 0 saturated carbocycles. The van der Waals surface area contributed by atoms with Gasteiger partial charge >= 0.3 is 11.7 Å². The maximum atomic E-state index is 12.1. The van der Waals surface area contributed by atoms with E-state index in [2.05, 4.69) is 15.3 Å². The van der Waals surface area contributed by atoms with E-state index in [1.165, 1.54) is 12.1 Å². The Balaban J connectivity index is 1.78. The van der Waals surface area contributed by atoms with Crippen molar-refractivity contribution in [3.8, 4) is 17.3 Å². The van der Waals surface area contributed by atoms with Gasteiger partial charge in [0.05, 0.1) is 15.7 Å². The standard InChI is InChI=1S/C18H13Cl2N5O6/c1-6-2-3-8-11(6)14(26)22-23-16(8)31-13-9(19)4-7(5-10(13)20)25-18(30)21-15(27)12(24-25)17(28)29/h4-6H,2-3H2,1H3,(H,22,26)(H,28,29)(H,21,27,30). The average Bonchev–Trinajstić information content (AvgIpc) is 3.08. The molecule has 13 heteroatoms. The van der Waals surface area contributed by atoms with E-state index in [4.69, 9.17) is 33.0 Å². The highest BCUT2D eigenvalue weighted by atomic mass is 35.5. The molecule has 160 valence electrons. The van der Waals surface area contributed by atoms with Gasteiger partial charge in [-0.15, -0.1) is 5.10 Å². The molecule has 0 spiro atoms. The topological polar surface area (TPSA) is 160 Å². The maximum Gasteiger partial charge on any atom is 0.362 e. The minimum atomic E-state index is -1.61. The summed E-state index contributed by atoms with van der Waals surface area (Å²) in [6, 6.07) is 2.52. The molecular weight excluding hydrogens is 453 g/mol. The van der Waals surface area contributed by atoms with Crippen molar-refractivity contribution in [3.05, 3.63) is 70.2 Å². The minimum Gasteiger partial charge on any atom is -0.476 e. The Morgan fingerprint density at radius 2 is 1.90 bits per heavy atom. The van der Waals surface area contributed by atoms with Crippen LogP contribution in [-0.2, 0) is 6.42 Å². The van der Waals surface area contributed by atoms with Gasteiger partial charge in [-0.2, -0.15) is 9.78 Å². The maximum absolute atomic E-state index is 12.1. The first-order chi connectivity index (χ1) is 14.7. The summed E-state index contributed by atoms with van der Waals surface area (Å²) in [7, 11) is 0. The molecule has 2 aromatic heterocycles. The van der Waals surface area contributed by atoms with E-state index < -0.39 is 22.9 Å². The highest BCUT2D eigenvalue weighted by Gasteiger charge is 2.27. The van der Waals surface area contributed by atoms with Crippen molar-refractivity contribution in [1.82, 2.24) is 25.0 Å². The van der Waals surface area contributed by atoms with Gasteiger partial charge in [-0.3, -0.25) is 14.6 Å². The zero-order chi connectivity index (χ0) is 22.4. The number of aromatic carboxylic acids is 1. The van der Waals surface area contributed by atoms with Gasteiger partial charge in [0.15, 0.2) is 5.75 Å². The van der Waals surface area contributed by atoms with Crippen LogP contribution in [-0.4, -0.2) is 36.0 Å². The normalized spacial score (nSPS) is 15.0. The van der Waals surface area contributed by atoms with Crippen LogP contribution in [0, 0.1) is 0 Å². The Morgan fingerprint density at radius 1 is 1.23 bits per heavy atom. The lowest BCUT2D eigenvalue weighted by molar-refractivity contribution is 0.0685. The van der Waals surface area contributed by atoms with E-state index >= 15 is 0 Å². The number of rotatable bonds is 4. The van der Waals surface area contributed by atoms with Gasteiger partial charge in [0.25, 0.3) is 11.1 Å². The summed E-state index contributed by atoms with van der Waals surface area (Å²) in [5.41, 5.74) is -2.02. The highest BCUT2D eigenvalue weighted by molar-refractivity contribution is 6.37. The van der Waals surface area contributed by atoms with E-state index in [0.29, 0.717) is 22.2 Å². The number of carbonyl (C=O) groups is 1. The number of hydrogen-bond donors (Lipinski definition) is 3. The van der Waals surface area contributed by atoms with Gasteiger partial charge in [0.1, 0.15) is 0 Å². The van der Waals surface area contributed by atoms with Crippen molar-refractivity contribution in [1.29, 1.82) is 0 Å². The molecule has 0 radical (unpaired) electrons. The van der Waals surface area contributed by atoms with Crippen LogP contribution >= 0.6 is 23.2 Å². The molecule has 11 nitrogen and oxygen atoms in total. The smallest absolute Gasteiger partial charge is 0.362 e. The first-order valence-electron chi connectivity index (χ1n) is 8.93. The summed E-state index contributed by atoms with van der Waals surface area (Å²) in [4.78, 5) is 48.7. The fourth-order valence-electron chi connectivity index (χ4n) is 3.41. The number of nitrogens with one attached hydrogen (secondary N) is 2. The number of benzene rings is 1. The van der Waals surface area contributed by atoms with Crippen molar-refractivity contribution < 1.29 is 14.6 Å². The summed E-state index contributed by atoms with van der Waals surface area (Å²) < 4.78 is 6.43. The fraction of sp³-hybridized carbons (Fsp3) is 0.222. The summed E-state index contributed by atoms with van der Waals surface area (Å²) in [6.07, 6.45) is 1.37. The van der Waals surface area contributed by atoms with Crippen molar-refractivity contribution in [2.45, 2.75) is 25.7 Å². The molecule has 0 saturated heterocycles. The van der Waals surface area contributed by atoms with Gasteiger partial charge in [-0.1, -0.05) is 30.1 Å². The van der Waals surface area contributed by atoms with Crippen LogP contribution in [0.1, 0.15) is 40.9 Å². The molecule has 0 fully saturated rings. The van der Waals surface area contributed by atoms with Crippen LogP contribution in [0.25, 0.3) is 5.69 Å². The molecule has 0 amide bonds. The quantitative estimate of drug-likeness (QED) is 0.525. The highest BCUT2D eigenvalue weighted by Crippen LogP contribution is 2.41. The van der Waals surface area contributed by atoms with Crippen LogP contribution in [0.3, 0.4) is 0 Å². The monoisotopic (exact) mass is 465 g/mol. The average molecular weight is 466 g/mol. The summed E-state index contributed by atoms with van der Waals surface area (Å²) in [5, 5.41) is 18.9. The van der Waals surface area contributed by atoms with Gasteiger partial charge < -0.3 is 9.84 Å². The molecule has 1 aliphatic carbocycles. The molecule has 3 aromatic rings. The van der Waals surface area contributed by atoms with Crippen molar-refractivity contribution in [2.75, 3.05) is 0 Å². The second-order valence-corrected chi connectivity index (χ2v) is 7.67. The van der Waals surface area contributed by atoms with Gasteiger partial charge in [0.2, 0.25) is 11.6 Å². The molecule has 1 unspecified atom stereocenters. The molecule has 0 aliphatic heterocycles. The number of nitrogens with zero attached hydrogens (tertiary/aromatic N) is 3. The third kappa shape index (κ3) is 3.62. The second-order valence-electron chi connectivity index (χ2n) is 6.86. The first kappa shape index (κ1) is 20.8. The van der Waals surface area contributed by atoms with Gasteiger partial charge in [0, 0.05) is 11.1 Å². The predicted octanol–water partition coefficient (Wildman–Crippen LogP) is 1.85. The van der Waals surface area contributed by atoms with Crippen molar-refractivity contribution >= 4 is 29.2 Å². The number of aromatic amines is 2. The zero-order valence-electron chi connectivity index (χ0n) is 15.7. The van der Waals surface area contributed by atoms with Crippen LogP contribution in [0.4, 0.5) is 0 Å². The predicted molar refractivity (Wildman–Crippen MR) is 109 cm³/mol. The Kier molecular flexibility index (Phi) is 5.15. The Bertz CT molecular complexity index is 1390. The van der Waals surface area contributed by atoms with Crippen LogP contribution in [0.5, 0.6) is 11.6 Å². The van der Waals surface area contributed by atoms with Crippen LogP contribution in [0.15, 0.2) is 26.5 Å². The fourth-order valence-corrected chi connectivity index (χ4v) is 3.96. The molecule has 1 aliphatic rings. The summed E-state index contributed by atoms with van der Waals surface area (Å²) in [6.45, 7) is 1.93. The lowest BCUT2D eigenvalue weighted by atomic mass is 10.1. The minimum absolute atomic E-state index is 0.000575. The van der Waals surface area contributed by atoms with Gasteiger partial charge in [-0.05, 0) is 30.9 Å². The number of fused-ring (bicyclic) bond motifs is 1. The summed E-state index contributed by atoms with van der Waals surface area (Å²) >= 11 is 12.6. The molecule has 2 heterocycles. The molecule has 4 rings (SSSR count). The SMILES string of the molecule is CC1CCc2c(Oc3c(Cl)cc(-n4nc(C(=O)O)c(=O)[nH]c4=O)cc3Cl)n[nH]c(=O)c21. The number of H-pyrrole nitrogens is 2. The number of halogens is 2. The first-order valence-corrected chi connectivity index (χ1v) is 9.68. The van der Waals surface area contributed by atoms with E-state index in [0.717, 1.165) is 6.42 Å². The molecule has 31 heavy (non-hydrogen) atoms. The molecular formula is C18H13Cl2N5O6. The Morgan fingerprint density at radius 3 is 2.55 bits per heavy atom. The second kappa shape index (κ2) is 7.67. The van der Waals surface area contributed by atoms with E-state index in [9.17, 15) is 19.2 Å². The van der Waals surface area contributed by atoms with Crippen LogP contribution in [0.2, 0.25) is 10.0 Å². The van der Waals surface area contributed by atoms with Crippen molar-refractivity contribution in [2.24, 2.45) is 0 Å². The number of carboxylic acids is 1. The zero-order valence-corrected chi connectivity index (χ0v) is 17.2. The third-order valence-electron chi connectivity index (χ3n) is 4.86. The lowest BCUT2D eigenvalue weighted by Crippen LogP contribution is -2.35. The number of hydrogen-bond acceptors (Lipinski definition) is 7. The number of ether oxygens (including phenoxy) is 1. The van der Waals surface area contributed by atoms with E-state index in [-0.39, 0.29) is 38.8 Å². The largest absolute Gasteiger partial charge is 0.476 e. The third-order valence-corrected chi connectivity index (χ3v) is 5.43. The summed E-state index contributed by atoms with van der Waals surface area (Å²) in [5.74, 6) is -1.38. The molecule has 3 N–H and O–H groups in total. The number of carboxylic acid groups (broad SMARTS) is 1. The van der Waals surface area contributed by atoms with Crippen molar-refractivity contribution in [3.63, 3.8) is 0 Å². The number of aromatic nitrogens is 5. The van der Waals surface area contributed by atoms with E-state index in [1.54, 1.807) is 0 Å². The molecule has 0 bridgehead atoms. The van der Waals surface area contributed by atoms with E-state index in [1.807, 2.05) is 11.9 Å². The Labute approximate surface area is 182 Å². The molecule has 1 atom stereocenters. The lowest BCUT2D eigenvalue weighted by Gasteiger charge is -2.13. The van der Waals surface area contributed by atoms with Crippen LogP contribution < -0.4 is 21.5 Å². The van der Waals surface area contributed by atoms with Gasteiger partial charge in [-0.25, -0.2) is 14.7 Å². The Hall–Kier alpha value is -3.44.